The Bertz CT molecular complexity index is 789. The van der Waals surface area contributed by atoms with Gasteiger partial charge in [0.15, 0.2) is 0 Å². The van der Waals surface area contributed by atoms with Gasteiger partial charge in [-0.25, -0.2) is 4.39 Å². The number of hydrogen-bond acceptors (Lipinski definition) is 4. The predicted molar refractivity (Wildman–Crippen MR) is 97.8 cm³/mol. The third-order valence-electron chi connectivity index (χ3n) is 4.28. The Hall–Kier alpha value is -2.44. The zero-order valence-electron chi connectivity index (χ0n) is 14.6. The van der Waals surface area contributed by atoms with Gasteiger partial charge in [-0.15, -0.1) is 0 Å². The van der Waals surface area contributed by atoms with E-state index in [1.165, 1.54) is 18.2 Å². The lowest BCUT2D eigenvalue weighted by atomic mass is 10.1. The topological polar surface area (TPSA) is 55.8 Å². The van der Waals surface area contributed by atoms with Gasteiger partial charge < -0.3 is 14.4 Å². The van der Waals surface area contributed by atoms with Crippen LogP contribution in [0.2, 0.25) is 5.02 Å². The highest BCUT2D eigenvalue weighted by Crippen LogP contribution is 2.24. The fraction of sp³-hybridized carbons (Fsp3) is 0.300. The Kier molecular flexibility index (Phi) is 6.42. The summed E-state index contributed by atoms with van der Waals surface area (Å²) in [5.74, 6) is -1.63. The molecule has 2 aromatic carbocycles. The molecule has 0 spiro atoms. The molecule has 1 aliphatic heterocycles. The van der Waals surface area contributed by atoms with Crippen LogP contribution in [0, 0.1) is 5.82 Å². The van der Waals surface area contributed by atoms with Gasteiger partial charge >= 0.3 is 5.97 Å². The van der Waals surface area contributed by atoms with Crippen molar-refractivity contribution < 1.29 is 23.5 Å². The summed E-state index contributed by atoms with van der Waals surface area (Å²) >= 11 is 5.97. The van der Waals surface area contributed by atoms with E-state index < -0.39 is 17.9 Å². The van der Waals surface area contributed by atoms with Crippen LogP contribution in [-0.2, 0) is 25.5 Å². The molecule has 0 N–H and O–H groups in total. The highest BCUT2D eigenvalue weighted by atomic mass is 35.5. The fourth-order valence-electron chi connectivity index (χ4n) is 2.86. The molecule has 142 valence electrons. The molecule has 0 bridgehead atoms. The molecule has 5 nitrogen and oxygen atoms in total. The maximum Gasteiger partial charge on any atom is 0.311 e. The van der Waals surface area contributed by atoms with Gasteiger partial charge in [-0.05, 0) is 12.1 Å². The lowest BCUT2D eigenvalue weighted by Gasteiger charge is -2.30. The Labute approximate surface area is 161 Å². The minimum Gasteiger partial charge on any atom is -0.447 e. The van der Waals surface area contributed by atoms with Crippen LogP contribution in [-0.4, -0.2) is 43.1 Å². The number of morpholine rings is 1. The third kappa shape index (κ3) is 4.84. The molecule has 1 saturated heterocycles. The molecule has 27 heavy (non-hydrogen) atoms. The molecule has 1 fully saturated rings. The van der Waals surface area contributed by atoms with Crippen molar-refractivity contribution in [1.29, 1.82) is 0 Å². The second kappa shape index (κ2) is 8.97. The molecular formula is C20H19ClFNO4. The number of carbonyl (C=O) groups excluding carboxylic acids is 2. The van der Waals surface area contributed by atoms with Crippen molar-refractivity contribution in [3.8, 4) is 0 Å². The Morgan fingerprint density at radius 2 is 1.81 bits per heavy atom. The van der Waals surface area contributed by atoms with E-state index in [-0.39, 0.29) is 22.9 Å². The number of esters is 1. The molecular weight excluding hydrogens is 373 g/mol. The van der Waals surface area contributed by atoms with Gasteiger partial charge in [0.05, 0.1) is 19.6 Å². The van der Waals surface area contributed by atoms with E-state index in [1.54, 1.807) is 35.2 Å². The first-order valence-corrected chi connectivity index (χ1v) is 8.98. The van der Waals surface area contributed by atoms with Gasteiger partial charge in [0.25, 0.3) is 5.91 Å². The van der Waals surface area contributed by atoms with E-state index in [2.05, 4.69) is 0 Å². The fourth-order valence-corrected chi connectivity index (χ4v) is 3.09. The SMILES string of the molecule is O=C(Cc1c(F)cccc1Cl)O[C@@H](C(=O)N1CCOCC1)c1ccccc1. The summed E-state index contributed by atoms with van der Waals surface area (Å²) in [5, 5.41) is 0.141. The van der Waals surface area contributed by atoms with Crippen molar-refractivity contribution in [2.75, 3.05) is 26.3 Å². The Morgan fingerprint density at radius 1 is 1.11 bits per heavy atom. The van der Waals surface area contributed by atoms with E-state index >= 15 is 0 Å². The molecule has 0 saturated carbocycles. The highest BCUT2D eigenvalue weighted by Gasteiger charge is 2.30. The molecule has 1 aliphatic rings. The van der Waals surface area contributed by atoms with Crippen molar-refractivity contribution in [3.05, 3.63) is 70.5 Å². The van der Waals surface area contributed by atoms with Crippen LogP contribution < -0.4 is 0 Å². The van der Waals surface area contributed by atoms with Gasteiger partial charge in [-0.1, -0.05) is 48.0 Å². The number of amides is 1. The van der Waals surface area contributed by atoms with Gasteiger partial charge in [0.2, 0.25) is 6.10 Å². The zero-order valence-corrected chi connectivity index (χ0v) is 15.3. The zero-order chi connectivity index (χ0) is 19.2. The normalized spacial score (nSPS) is 15.3. The van der Waals surface area contributed by atoms with Crippen LogP contribution in [0.4, 0.5) is 4.39 Å². The lowest BCUT2D eigenvalue weighted by molar-refractivity contribution is -0.162. The number of halogens is 2. The minimum absolute atomic E-state index is 0.0507. The first-order valence-electron chi connectivity index (χ1n) is 8.60. The number of ether oxygens (including phenoxy) is 2. The van der Waals surface area contributed by atoms with Crippen LogP contribution in [0.1, 0.15) is 17.2 Å². The molecule has 1 amide bonds. The van der Waals surface area contributed by atoms with Gasteiger partial charge in [0.1, 0.15) is 5.82 Å². The summed E-state index contributed by atoms with van der Waals surface area (Å²) in [7, 11) is 0. The molecule has 7 heteroatoms. The van der Waals surface area contributed by atoms with Gasteiger partial charge in [0, 0.05) is 29.2 Å². The number of carbonyl (C=O) groups is 2. The average molecular weight is 392 g/mol. The number of benzene rings is 2. The van der Waals surface area contributed by atoms with Crippen molar-refractivity contribution in [3.63, 3.8) is 0 Å². The van der Waals surface area contributed by atoms with Crippen molar-refractivity contribution in [2.24, 2.45) is 0 Å². The Balaban J connectivity index is 1.78. The maximum atomic E-state index is 13.9. The standard InChI is InChI=1S/C20H19ClFNO4/c21-16-7-4-8-17(22)15(16)13-18(24)27-19(14-5-2-1-3-6-14)20(25)23-9-11-26-12-10-23/h1-8,19H,9-13H2/t19-/m1/s1. The molecule has 3 rings (SSSR count). The van der Waals surface area contributed by atoms with E-state index in [4.69, 9.17) is 21.1 Å². The molecule has 1 atom stereocenters. The monoisotopic (exact) mass is 391 g/mol. The molecule has 0 aliphatic carbocycles. The summed E-state index contributed by atoms with van der Waals surface area (Å²) in [5.41, 5.74) is 0.608. The molecule has 0 aromatic heterocycles. The van der Waals surface area contributed by atoms with E-state index in [0.717, 1.165) is 0 Å². The average Bonchev–Trinajstić information content (AvgIpc) is 2.70. The number of rotatable bonds is 5. The second-order valence-electron chi connectivity index (χ2n) is 6.10. The van der Waals surface area contributed by atoms with Crippen molar-refractivity contribution in [1.82, 2.24) is 4.90 Å². The molecule has 1 heterocycles. The van der Waals surface area contributed by atoms with Crippen LogP contribution in [0.3, 0.4) is 0 Å². The van der Waals surface area contributed by atoms with Crippen molar-refractivity contribution >= 4 is 23.5 Å². The summed E-state index contributed by atoms with van der Waals surface area (Å²) in [6.45, 7) is 1.73. The highest BCUT2D eigenvalue weighted by molar-refractivity contribution is 6.31. The third-order valence-corrected chi connectivity index (χ3v) is 4.64. The van der Waals surface area contributed by atoms with E-state index in [0.29, 0.717) is 31.9 Å². The molecule has 0 radical (unpaired) electrons. The quantitative estimate of drug-likeness (QED) is 0.735. The maximum absolute atomic E-state index is 13.9. The van der Waals surface area contributed by atoms with Crippen LogP contribution in [0.25, 0.3) is 0 Å². The Morgan fingerprint density at radius 3 is 2.48 bits per heavy atom. The van der Waals surface area contributed by atoms with Crippen LogP contribution in [0.5, 0.6) is 0 Å². The first-order chi connectivity index (χ1) is 13.1. The first kappa shape index (κ1) is 19.3. The van der Waals surface area contributed by atoms with Gasteiger partial charge in [-0.2, -0.15) is 0 Å². The summed E-state index contributed by atoms with van der Waals surface area (Å²) in [4.78, 5) is 27.0. The summed E-state index contributed by atoms with van der Waals surface area (Å²) in [6, 6.07) is 12.9. The van der Waals surface area contributed by atoms with Crippen LogP contribution in [0.15, 0.2) is 48.5 Å². The van der Waals surface area contributed by atoms with E-state index in [9.17, 15) is 14.0 Å². The minimum atomic E-state index is -1.10. The smallest absolute Gasteiger partial charge is 0.311 e. The predicted octanol–water partition coefficient (Wildman–Crippen LogP) is 3.16. The summed E-state index contributed by atoms with van der Waals surface area (Å²) in [6.07, 6.45) is -1.45. The van der Waals surface area contributed by atoms with Crippen molar-refractivity contribution in [2.45, 2.75) is 12.5 Å². The number of nitrogens with zero attached hydrogens (tertiary/aromatic N) is 1. The second-order valence-corrected chi connectivity index (χ2v) is 6.50. The van der Waals surface area contributed by atoms with E-state index in [1.807, 2.05) is 0 Å². The largest absolute Gasteiger partial charge is 0.447 e. The lowest BCUT2D eigenvalue weighted by Crippen LogP contribution is -2.44. The molecule has 0 unspecified atom stereocenters. The van der Waals surface area contributed by atoms with Crippen LogP contribution >= 0.6 is 11.6 Å². The molecule has 2 aromatic rings. The van der Waals surface area contributed by atoms with Gasteiger partial charge in [-0.3, -0.25) is 9.59 Å². The summed E-state index contributed by atoms with van der Waals surface area (Å²) < 4.78 is 24.7. The number of hydrogen-bond donors (Lipinski definition) is 0.